The predicted octanol–water partition coefficient (Wildman–Crippen LogP) is 5.68. The van der Waals surface area contributed by atoms with Crippen LogP contribution in [0.3, 0.4) is 0 Å². The lowest BCUT2D eigenvalue weighted by Crippen LogP contribution is -2.50. The van der Waals surface area contributed by atoms with Gasteiger partial charge in [-0.2, -0.15) is 0 Å². The number of amides is 1. The van der Waals surface area contributed by atoms with Crippen LogP contribution in [0.25, 0.3) is 0 Å². The van der Waals surface area contributed by atoms with Gasteiger partial charge in [-0.05, 0) is 73.1 Å². The van der Waals surface area contributed by atoms with Gasteiger partial charge in [0.15, 0.2) is 0 Å². The number of ketones is 1. The van der Waals surface area contributed by atoms with E-state index in [9.17, 15) is 14.7 Å². The van der Waals surface area contributed by atoms with Gasteiger partial charge in [-0.1, -0.05) is 68.8 Å². The van der Waals surface area contributed by atoms with Crippen LogP contribution < -0.4 is 10.6 Å². The van der Waals surface area contributed by atoms with Crippen LogP contribution in [0.2, 0.25) is 5.02 Å². The number of rotatable bonds is 6. The van der Waals surface area contributed by atoms with E-state index >= 15 is 0 Å². The van der Waals surface area contributed by atoms with Crippen molar-refractivity contribution in [3.05, 3.63) is 64.7 Å². The molecular weight excluding hydrogens is 484 g/mol. The van der Waals surface area contributed by atoms with E-state index in [1.807, 2.05) is 36.4 Å². The number of carbonyl (C=O) groups is 2. The van der Waals surface area contributed by atoms with E-state index in [1.165, 1.54) is 0 Å². The minimum atomic E-state index is -0.869. The average Bonchev–Trinajstić information content (AvgIpc) is 3.30. The fraction of sp³-hybridized carbons (Fsp3) is 0.548. The third-order valence-corrected chi connectivity index (χ3v) is 8.97. The second-order valence-electron chi connectivity index (χ2n) is 12.6. The first-order valence-corrected chi connectivity index (χ1v) is 14.1. The van der Waals surface area contributed by atoms with Gasteiger partial charge in [-0.15, -0.1) is 0 Å². The Hall–Kier alpha value is -2.21. The number of fused-ring (bicyclic) bond motifs is 2. The Kier molecular flexibility index (Phi) is 7.25. The second-order valence-corrected chi connectivity index (χ2v) is 13.1. The number of benzene rings is 2. The molecule has 0 unspecified atom stereocenters. The summed E-state index contributed by atoms with van der Waals surface area (Å²) in [4.78, 5) is 28.2. The number of hydrogen-bond acceptors (Lipinski definition) is 4. The standard InChI is InChI=1S/C31H39ClN2O3/c1-30(2,3)18-27-31(23-14-11-21(32)17-25(23)33-29(31)37)24(15-19-7-5-4-6-8-19)28(34-27)26(36)16-20-9-12-22(35)13-10-20/h4-8,11,14,17,20,22,24,27-28,34-35H,9-10,12-13,15-16,18H2,1-3H3,(H,33,37)/t20?,22?,24-,27-,28+,31-/m0/s1. The number of anilines is 1. The molecule has 37 heavy (non-hydrogen) atoms. The van der Waals surface area contributed by atoms with E-state index in [-0.39, 0.29) is 41.1 Å². The molecule has 2 aromatic carbocycles. The Labute approximate surface area is 225 Å². The smallest absolute Gasteiger partial charge is 0.237 e. The first kappa shape index (κ1) is 26.4. The van der Waals surface area contributed by atoms with E-state index in [2.05, 4.69) is 43.5 Å². The molecule has 5 nitrogen and oxygen atoms in total. The van der Waals surface area contributed by atoms with Crippen LogP contribution >= 0.6 is 11.6 Å². The summed E-state index contributed by atoms with van der Waals surface area (Å²) in [5.74, 6) is 0.208. The van der Waals surface area contributed by atoms with Gasteiger partial charge in [-0.3, -0.25) is 9.59 Å². The lowest BCUT2D eigenvalue weighted by Gasteiger charge is -2.37. The zero-order valence-electron chi connectivity index (χ0n) is 22.1. The summed E-state index contributed by atoms with van der Waals surface area (Å²) in [5.41, 5.74) is 1.91. The van der Waals surface area contributed by atoms with Crippen LogP contribution in [0.15, 0.2) is 48.5 Å². The lowest BCUT2D eigenvalue weighted by molar-refractivity contribution is -0.124. The van der Waals surface area contributed by atoms with Gasteiger partial charge in [0.1, 0.15) is 5.78 Å². The Morgan fingerprint density at radius 3 is 2.46 bits per heavy atom. The molecule has 2 heterocycles. The lowest BCUT2D eigenvalue weighted by atomic mass is 9.62. The molecule has 3 N–H and O–H groups in total. The summed E-state index contributed by atoms with van der Waals surface area (Å²) in [6, 6.07) is 15.3. The maximum atomic E-state index is 14.1. The largest absolute Gasteiger partial charge is 0.393 e. The van der Waals surface area contributed by atoms with Crippen LogP contribution in [0, 0.1) is 17.3 Å². The number of hydrogen-bond donors (Lipinski definition) is 3. The molecule has 6 heteroatoms. The highest BCUT2D eigenvalue weighted by atomic mass is 35.5. The van der Waals surface area contributed by atoms with Gasteiger partial charge in [0.25, 0.3) is 0 Å². The van der Waals surface area contributed by atoms with Crippen molar-refractivity contribution in [2.75, 3.05) is 5.32 Å². The zero-order valence-corrected chi connectivity index (χ0v) is 22.9. The van der Waals surface area contributed by atoms with Crippen LogP contribution in [0.1, 0.15) is 70.4 Å². The third kappa shape index (κ3) is 5.10. The molecule has 0 bridgehead atoms. The van der Waals surface area contributed by atoms with Crippen molar-refractivity contribution in [1.29, 1.82) is 0 Å². The van der Waals surface area contributed by atoms with Gasteiger partial charge in [0.2, 0.25) is 5.91 Å². The third-order valence-electron chi connectivity index (χ3n) is 8.74. The molecule has 1 saturated carbocycles. The summed E-state index contributed by atoms with van der Waals surface area (Å²) >= 11 is 6.33. The fourth-order valence-electron chi connectivity index (χ4n) is 7.09. The van der Waals surface area contributed by atoms with Crippen molar-refractivity contribution in [3.8, 4) is 0 Å². The van der Waals surface area contributed by atoms with Crippen LogP contribution in [0.5, 0.6) is 0 Å². The maximum Gasteiger partial charge on any atom is 0.237 e. The van der Waals surface area contributed by atoms with Crippen molar-refractivity contribution in [3.63, 3.8) is 0 Å². The van der Waals surface area contributed by atoms with E-state index < -0.39 is 11.5 Å². The highest BCUT2D eigenvalue weighted by Crippen LogP contribution is 2.54. The van der Waals surface area contributed by atoms with E-state index in [1.54, 1.807) is 0 Å². The van der Waals surface area contributed by atoms with Crippen LogP contribution in [-0.4, -0.2) is 35.0 Å². The van der Waals surface area contributed by atoms with Crippen molar-refractivity contribution in [1.82, 2.24) is 5.32 Å². The molecule has 1 amide bonds. The monoisotopic (exact) mass is 522 g/mol. The molecule has 2 aliphatic heterocycles. The van der Waals surface area contributed by atoms with Crippen molar-refractivity contribution >= 4 is 29.0 Å². The summed E-state index contributed by atoms with van der Waals surface area (Å²) in [7, 11) is 0. The average molecular weight is 523 g/mol. The maximum absolute atomic E-state index is 14.1. The summed E-state index contributed by atoms with van der Waals surface area (Å²) in [6.07, 6.45) is 4.91. The summed E-state index contributed by atoms with van der Waals surface area (Å²) < 4.78 is 0. The molecule has 3 aliphatic rings. The van der Waals surface area contributed by atoms with Gasteiger partial charge in [0.05, 0.1) is 17.6 Å². The van der Waals surface area contributed by atoms with Gasteiger partial charge < -0.3 is 15.7 Å². The van der Waals surface area contributed by atoms with E-state index in [4.69, 9.17) is 11.6 Å². The highest BCUT2D eigenvalue weighted by molar-refractivity contribution is 6.31. The molecular formula is C31H39ClN2O3. The molecule has 2 fully saturated rings. The molecule has 0 aromatic heterocycles. The SMILES string of the molecule is CC(C)(C)C[C@@H]1N[C@@H](C(=O)CC2CCC(O)CC2)[C@H](Cc2ccccc2)[C@]12C(=O)Nc1cc(Cl)ccc12. The zero-order chi connectivity index (χ0) is 26.4. The molecule has 1 saturated heterocycles. The predicted molar refractivity (Wildman–Crippen MR) is 148 cm³/mol. The van der Waals surface area contributed by atoms with Crippen LogP contribution in [-0.2, 0) is 21.4 Å². The molecule has 198 valence electrons. The number of nitrogens with one attached hydrogen (secondary N) is 2. The normalized spacial score (nSPS) is 31.4. The van der Waals surface area contributed by atoms with Crippen molar-refractivity contribution in [2.45, 2.75) is 89.3 Å². The number of aliphatic hydroxyl groups excluding tert-OH is 1. The minimum absolute atomic E-state index is 0.0384. The quantitative estimate of drug-likeness (QED) is 0.456. The van der Waals surface area contributed by atoms with Gasteiger partial charge in [0, 0.05) is 29.1 Å². The van der Waals surface area contributed by atoms with E-state index in [0.29, 0.717) is 17.9 Å². The Balaban J connectivity index is 1.58. The fourth-order valence-corrected chi connectivity index (χ4v) is 7.26. The number of Topliss-reactive ketones (excluding diaryl/α,β-unsaturated/α-hetero) is 1. The van der Waals surface area contributed by atoms with E-state index in [0.717, 1.165) is 48.9 Å². The number of aliphatic hydroxyl groups is 1. The molecule has 5 rings (SSSR count). The summed E-state index contributed by atoms with van der Waals surface area (Å²) in [6.45, 7) is 6.56. The molecule has 0 radical (unpaired) electrons. The summed E-state index contributed by atoms with van der Waals surface area (Å²) in [5, 5.41) is 17.4. The minimum Gasteiger partial charge on any atom is -0.393 e. The molecule has 1 aliphatic carbocycles. The topological polar surface area (TPSA) is 78.4 Å². The molecule has 2 aromatic rings. The first-order valence-electron chi connectivity index (χ1n) is 13.7. The van der Waals surface area contributed by atoms with Crippen LogP contribution in [0.4, 0.5) is 5.69 Å². The Bertz CT molecular complexity index is 1150. The Morgan fingerprint density at radius 1 is 1.08 bits per heavy atom. The molecule has 4 atom stereocenters. The van der Waals surface area contributed by atoms with Gasteiger partial charge in [-0.25, -0.2) is 0 Å². The molecule has 1 spiro atoms. The Morgan fingerprint density at radius 2 is 1.78 bits per heavy atom. The van der Waals surface area contributed by atoms with Crippen molar-refractivity contribution < 1.29 is 14.7 Å². The highest BCUT2D eigenvalue weighted by Gasteiger charge is 2.64. The van der Waals surface area contributed by atoms with Gasteiger partial charge >= 0.3 is 0 Å². The second kappa shape index (κ2) is 10.2. The number of halogens is 1. The first-order chi connectivity index (χ1) is 17.6. The number of carbonyl (C=O) groups excluding carboxylic acids is 2. The van der Waals surface area contributed by atoms with Crippen molar-refractivity contribution in [2.24, 2.45) is 17.3 Å².